The summed E-state index contributed by atoms with van der Waals surface area (Å²) < 4.78 is 7.91. The highest BCUT2D eigenvalue weighted by molar-refractivity contribution is 5.76. The zero-order chi connectivity index (χ0) is 18.5. The first-order chi connectivity index (χ1) is 13.3. The molecule has 1 saturated carbocycles. The van der Waals surface area contributed by atoms with Crippen LogP contribution >= 0.6 is 0 Å². The molecular formula is C21H28N4O2. The van der Waals surface area contributed by atoms with Crippen LogP contribution < -0.4 is 0 Å². The second kappa shape index (κ2) is 8.65. The molecule has 2 aliphatic rings. The Morgan fingerprint density at radius 3 is 2.93 bits per heavy atom. The molecule has 0 unspecified atom stereocenters. The molecule has 1 aliphatic carbocycles. The van der Waals surface area contributed by atoms with Crippen LogP contribution in [0, 0.1) is 5.92 Å². The van der Waals surface area contributed by atoms with Gasteiger partial charge in [0.1, 0.15) is 0 Å². The van der Waals surface area contributed by atoms with E-state index in [9.17, 15) is 4.79 Å². The average molecular weight is 368 g/mol. The van der Waals surface area contributed by atoms with Gasteiger partial charge < -0.3 is 9.64 Å². The van der Waals surface area contributed by atoms with Gasteiger partial charge in [-0.15, -0.1) is 0 Å². The summed E-state index contributed by atoms with van der Waals surface area (Å²) in [4.78, 5) is 18.9. The number of fused-ring (bicyclic) bond motifs is 1. The Kier molecular flexibility index (Phi) is 5.82. The summed E-state index contributed by atoms with van der Waals surface area (Å²) in [6, 6.07) is 6.15. The Labute approximate surface area is 160 Å². The SMILES string of the molecule is O=C(CC1CCCC1)N1Cc2ccnn2[C@@H](CCOCc2cccnc2)C1. The fourth-order valence-electron chi connectivity index (χ4n) is 4.27. The van der Waals surface area contributed by atoms with Gasteiger partial charge in [0.25, 0.3) is 0 Å². The smallest absolute Gasteiger partial charge is 0.223 e. The second-order valence-electron chi connectivity index (χ2n) is 7.75. The molecule has 1 atom stereocenters. The van der Waals surface area contributed by atoms with Crippen molar-refractivity contribution in [2.45, 2.75) is 57.7 Å². The van der Waals surface area contributed by atoms with Crippen LogP contribution in [0.3, 0.4) is 0 Å². The third-order valence-corrected chi connectivity index (χ3v) is 5.76. The lowest BCUT2D eigenvalue weighted by Crippen LogP contribution is -2.42. The van der Waals surface area contributed by atoms with Crippen molar-refractivity contribution in [1.82, 2.24) is 19.7 Å². The van der Waals surface area contributed by atoms with Crippen LogP contribution in [0.15, 0.2) is 36.8 Å². The van der Waals surface area contributed by atoms with Crippen molar-refractivity contribution in [2.24, 2.45) is 5.92 Å². The molecule has 6 nitrogen and oxygen atoms in total. The molecule has 1 aliphatic heterocycles. The predicted molar refractivity (Wildman–Crippen MR) is 102 cm³/mol. The lowest BCUT2D eigenvalue weighted by Gasteiger charge is -2.34. The molecule has 1 fully saturated rings. The summed E-state index contributed by atoms with van der Waals surface area (Å²) in [6.45, 7) is 2.62. The van der Waals surface area contributed by atoms with Gasteiger partial charge in [0.2, 0.25) is 5.91 Å². The number of nitrogens with zero attached hydrogens (tertiary/aromatic N) is 4. The fourth-order valence-corrected chi connectivity index (χ4v) is 4.27. The van der Waals surface area contributed by atoms with E-state index < -0.39 is 0 Å². The van der Waals surface area contributed by atoms with Crippen LogP contribution in [0.5, 0.6) is 0 Å². The molecule has 0 spiro atoms. The van der Waals surface area contributed by atoms with Gasteiger partial charge in [-0.25, -0.2) is 0 Å². The van der Waals surface area contributed by atoms with E-state index in [2.05, 4.69) is 14.8 Å². The van der Waals surface area contributed by atoms with Gasteiger partial charge in [-0.1, -0.05) is 18.9 Å². The van der Waals surface area contributed by atoms with E-state index in [-0.39, 0.29) is 6.04 Å². The summed E-state index contributed by atoms with van der Waals surface area (Å²) in [6.07, 6.45) is 12.0. The number of carbonyl (C=O) groups excluding carboxylic acids is 1. The van der Waals surface area contributed by atoms with E-state index in [4.69, 9.17) is 4.74 Å². The van der Waals surface area contributed by atoms with Gasteiger partial charge >= 0.3 is 0 Å². The topological polar surface area (TPSA) is 60.2 Å². The van der Waals surface area contributed by atoms with E-state index in [0.717, 1.165) is 24.2 Å². The molecule has 1 amide bonds. The van der Waals surface area contributed by atoms with Crippen LogP contribution in [0.2, 0.25) is 0 Å². The number of rotatable bonds is 7. The largest absolute Gasteiger partial charge is 0.377 e. The Balaban J connectivity index is 1.31. The molecule has 0 aromatic carbocycles. The lowest BCUT2D eigenvalue weighted by atomic mass is 10.0. The number of hydrogen-bond donors (Lipinski definition) is 0. The molecule has 6 heteroatoms. The summed E-state index contributed by atoms with van der Waals surface area (Å²) in [5, 5.41) is 4.49. The first-order valence-corrected chi connectivity index (χ1v) is 10.1. The van der Waals surface area contributed by atoms with Crippen LogP contribution in [-0.4, -0.2) is 38.7 Å². The highest BCUT2D eigenvalue weighted by Gasteiger charge is 2.30. The van der Waals surface area contributed by atoms with Crippen molar-refractivity contribution in [3.8, 4) is 0 Å². The summed E-state index contributed by atoms with van der Waals surface area (Å²) in [5.41, 5.74) is 2.20. The molecule has 4 rings (SSSR count). The third kappa shape index (κ3) is 4.56. The van der Waals surface area contributed by atoms with Crippen LogP contribution in [0.25, 0.3) is 0 Å². The van der Waals surface area contributed by atoms with Gasteiger partial charge in [0.05, 0.1) is 24.9 Å². The van der Waals surface area contributed by atoms with Gasteiger partial charge in [-0.2, -0.15) is 5.10 Å². The molecule has 144 valence electrons. The van der Waals surface area contributed by atoms with E-state index in [0.29, 0.717) is 38.0 Å². The number of aromatic nitrogens is 3. The zero-order valence-electron chi connectivity index (χ0n) is 15.8. The lowest BCUT2D eigenvalue weighted by molar-refractivity contribution is -0.134. The average Bonchev–Trinajstić information content (AvgIpc) is 3.37. The van der Waals surface area contributed by atoms with Gasteiger partial charge in [0.15, 0.2) is 0 Å². The molecule has 2 aromatic heterocycles. The molecule has 27 heavy (non-hydrogen) atoms. The summed E-state index contributed by atoms with van der Waals surface area (Å²) in [7, 11) is 0. The maximum Gasteiger partial charge on any atom is 0.223 e. The van der Waals surface area contributed by atoms with E-state index >= 15 is 0 Å². The number of amides is 1. The van der Waals surface area contributed by atoms with Crippen molar-refractivity contribution in [3.63, 3.8) is 0 Å². The molecule has 0 N–H and O–H groups in total. The van der Waals surface area contributed by atoms with E-state index in [1.165, 1.54) is 25.7 Å². The molecule has 0 saturated heterocycles. The molecule has 2 aromatic rings. The normalized spacial score (nSPS) is 20.0. The zero-order valence-corrected chi connectivity index (χ0v) is 15.8. The fraction of sp³-hybridized carbons (Fsp3) is 0.571. The van der Waals surface area contributed by atoms with Crippen LogP contribution in [0.1, 0.15) is 55.8 Å². The van der Waals surface area contributed by atoms with Crippen molar-refractivity contribution in [1.29, 1.82) is 0 Å². The van der Waals surface area contributed by atoms with Crippen molar-refractivity contribution >= 4 is 5.91 Å². The monoisotopic (exact) mass is 368 g/mol. The Hall–Kier alpha value is -2.21. The van der Waals surface area contributed by atoms with Crippen LogP contribution in [0.4, 0.5) is 0 Å². The maximum atomic E-state index is 12.8. The number of ether oxygens (including phenoxy) is 1. The minimum atomic E-state index is 0.185. The van der Waals surface area contributed by atoms with E-state index in [1.54, 1.807) is 6.20 Å². The number of hydrogen-bond acceptors (Lipinski definition) is 4. The predicted octanol–water partition coefficient (Wildman–Crippen LogP) is 3.35. The van der Waals surface area contributed by atoms with Gasteiger partial charge in [-0.05, 0) is 42.9 Å². The Bertz CT molecular complexity index is 740. The highest BCUT2D eigenvalue weighted by Crippen LogP contribution is 2.30. The summed E-state index contributed by atoms with van der Waals surface area (Å²) in [5.74, 6) is 0.890. The van der Waals surface area contributed by atoms with E-state index in [1.807, 2.05) is 35.5 Å². The second-order valence-corrected chi connectivity index (χ2v) is 7.75. The molecule has 0 bridgehead atoms. The summed E-state index contributed by atoms with van der Waals surface area (Å²) >= 11 is 0. The number of pyridine rings is 1. The quantitative estimate of drug-likeness (QED) is 0.703. The number of carbonyl (C=O) groups is 1. The molecular weight excluding hydrogens is 340 g/mol. The minimum Gasteiger partial charge on any atom is -0.377 e. The standard InChI is InChI=1S/C21H28N4O2/c26-21(12-17-4-1-2-5-17)24-14-19-7-10-23-25(19)20(15-24)8-11-27-16-18-6-3-9-22-13-18/h3,6-7,9-10,13,17,20H,1-2,4-5,8,11-12,14-16H2/t20-/m0/s1. The van der Waals surface area contributed by atoms with Crippen molar-refractivity contribution in [3.05, 3.63) is 48.0 Å². The Morgan fingerprint density at radius 2 is 2.11 bits per heavy atom. The minimum absolute atomic E-state index is 0.185. The van der Waals surface area contributed by atoms with Crippen molar-refractivity contribution < 1.29 is 9.53 Å². The van der Waals surface area contributed by atoms with Gasteiger partial charge in [0, 0.05) is 38.2 Å². The third-order valence-electron chi connectivity index (χ3n) is 5.76. The Morgan fingerprint density at radius 1 is 1.22 bits per heavy atom. The van der Waals surface area contributed by atoms with Gasteiger partial charge in [-0.3, -0.25) is 14.5 Å². The molecule has 3 heterocycles. The first kappa shape index (κ1) is 18.2. The molecule has 0 radical (unpaired) electrons. The van der Waals surface area contributed by atoms with Crippen molar-refractivity contribution in [2.75, 3.05) is 13.2 Å². The maximum absolute atomic E-state index is 12.8. The first-order valence-electron chi connectivity index (χ1n) is 10.1. The van der Waals surface area contributed by atoms with Crippen LogP contribution in [-0.2, 0) is 22.7 Å². The highest BCUT2D eigenvalue weighted by atomic mass is 16.5.